The van der Waals surface area contributed by atoms with E-state index in [4.69, 9.17) is 0 Å². The average Bonchev–Trinajstić information content (AvgIpc) is 3.89. The molecule has 7 heteroatoms. The van der Waals surface area contributed by atoms with E-state index in [-0.39, 0.29) is 0 Å². The van der Waals surface area contributed by atoms with Crippen LogP contribution in [0.4, 0.5) is 5.69 Å². The molecule has 0 bridgehead atoms. The van der Waals surface area contributed by atoms with Crippen LogP contribution in [0.25, 0.3) is 27.6 Å². The Morgan fingerprint density at radius 2 is 1.27 bits per heavy atom. The molecule has 0 fully saturated rings. The van der Waals surface area contributed by atoms with Crippen molar-refractivity contribution in [1.29, 1.82) is 0 Å². The molecule has 8 rings (SSSR count). The molecule has 264 valence electrons. The summed E-state index contributed by atoms with van der Waals surface area (Å²) in [5, 5.41) is 3.27. The number of rotatable bonds is 4. The molecule has 1 aliphatic rings. The number of fused-ring (bicyclic) bond motifs is 4. The predicted molar refractivity (Wildman–Crippen MR) is 217 cm³/mol. The van der Waals surface area contributed by atoms with Gasteiger partial charge in [-0.05, 0) is 83.7 Å². The summed E-state index contributed by atoms with van der Waals surface area (Å²) in [6.45, 7) is 23.7. The van der Waals surface area contributed by atoms with Gasteiger partial charge in [0.1, 0.15) is 24.8 Å². The van der Waals surface area contributed by atoms with E-state index < -0.39 is 0 Å². The minimum atomic E-state index is 0.558. The number of benzene rings is 2. The second-order valence-corrected chi connectivity index (χ2v) is 15.2. The Morgan fingerprint density at radius 3 is 1.96 bits per heavy atom. The Labute approximate surface area is 307 Å². The normalized spacial score (nSPS) is 12.1. The summed E-state index contributed by atoms with van der Waals surface area (Å²) < 4.78 is 5.59. The molecule has 7 aromatic rings. The van der Waals surface area contributed by atoms with Crippen LogP contribution in [0.5, 0.6) is 0 Å². The number of nitrogens with zero attached hydrogens (tertiary/aromatic N) is 3. The molecule has 0 aliphatic carbocycles. The van der Waals surface area contributed by atoms with Gasteiger partial charge in [-0.15, -0.1) is 11.3 Å². The Kier molecular flexibility index (Phi) is 12.3. The SMILES string of the molecule is C=C1C=Cc2c(cccc2C(C)C)N1.CC(C)c1ccc[n+]2cc[nH]c12.CC(C)c1cccc2ncsc12.Cc1cc(C(C)C)c2[nH]cc[n+]2c1. The summed E-state index contributed by atoms with van der Waals surface area (Å²) in [5.74, 6) is 2.28. The number of pyridine rings is 2. The molecule has 0 saturated heterocycles. The number of aryl methyl sites for hydroxylation is 1. The standard InChI is InChI=1S/C13H15N.C11H14N2.C10H12N2.C10H11NS/c1-9(2)11-5-4-6-13-12(11)8-7-10(3)14-13;1-8(2)10-6-9(3)7-13-5-4-12-11(10)13;1-8(2)9-4-3-6-12-7-5-11-10(9)12;1-7(2)8-4-3-5-9-10(8)12-6-11-9/h4-9,14H,3H2,1-2H3;4-8H,1-3H3;3-8H,1-2H3;3-7H,1-2H3/p+2. The molecule has 0 amide bonds. The highest BCUT2D eigenvalue weighted by molar-refractivity contribution is 7.17. The first-order chi connectivity index (χ1) is 24.4. The molecule has 6 nitrogen and oxygen atoms in total. The minimum absolute atomic E-state index is 0.558. The Bertz CT molecular complexity index is 2170. The zero-order chi connectivity index (χ0) is 36.7. The molecule has 0 radical (unpaired) electrons. The number of hydrogen-bond acceptors (Lipinski definition) is 3. The van der Waals surface area contributed by atoms with E-state index in [1.807, 2.05) is 36.4 Å². The van der Waals surface area contributed by atoms with Gasteiger partial charge in [0.25, 0.3) is 11.3 Å². The molecule has 1 aliphatic heterocycles. The monoisotopic (exact) mass is 698 g/mol. The zero-order valence-electron chi connectivity index (χ0n) is 31.7. The van der Waals surface area contributed by atoms with Crippen LogP contribution in [0.1, 0.15) is 112 Å². The summed E-state index contributed by atoms with van der Waals surface area (Å²) in [7, 11) is 0. The third kappa shape index (κ3) is 9.02. The number of aromatic amines is 2. The topological polar surface area (TPSA) is 64.7 Å². The van der Waals surface area contributed by atoms with E-state index in [0.29, 0.717) is 23.7 Å². The van der Waals surface area contributed by atoms with Crippen LogP contribution in [-0.4, -0.2) is 15.0 Å². The molecule has 5 aromatic heterocycles. The molecule has 0 atom stereocenters. The predicted octanol–water partition coefficient (Wildman–Crippen LogP) is 11.2. The first kappa shape index (κ1) is 37.3. The van der Waals surface area contributed by atoms with Crippen molar-refractivity contribution in [2.24, 2.45) is 0 Å². The number of anilines is 1. The number of nitrogens with one attached hydrogen (secondary N) is 3. The maximum atomic E-state index is 4.28. The summed E-state index contributed by atoms with van der Waals surface area (Å²) in [6, 6.07) is 19.2. The quantitative estimate of drug-likeness (QED) is 0.160. The fraction of sp³-hybridized carbons (Fsp3) is 0.295. The van der Waals surface area contributed by atoms with Gasteiger partial charge in [0.15, 0.2) is 0 Å². The number of imidazole rings is 2. The molecular formula is C44H54N6S+2. The maximum Gasteiger partial charge on any atom is 0.287 e. The lowest BCUT2D eigenvalue weighted by Gasteiger charge is -2.19. The molecule has 51 heavy (non-hydrogen) atoms. The fourth-order valence-electron chi connectivity index (χ4n) is 6.33. The largest absolute Gasteiger partial charge is 0.356 e. The van der Waals surface area contributed by atoms with E-state index >= 15 is 0 Å². The first-order valence-electron chi connectivity index (χ1n) is 18.0. The van der Waals surface area contributed by atoms with E-state index in [2.05, 4.69) is 171 Å². The van der Waals surface area contributed by atoms with Gasteiger partial charge in [-0.25, -0.2) is 23.8 Å². The lowest BCUT2D eigenvalue weighted by atomic mass is 9.94. The van der Waals surface area contributed by atoms with Crippen LogP contribution < -0.4 is 14.1 Å². The van der Waals surface area contributed by atoms with Crippen molar-refractivity contribution >= 4 is 44.6 Å². The van der Waals surface area contributed by atoms with Crippen LogP contribution in [-0.2, 0) is 0 Å². The van der Waals surface area contributed by atoms with Crippen molar-refractivity contribution in [2.75, 3.05) is 5.32 Å². The first-order valence-corrected chi connectivity index (χ1v) is 18.9. The minimum Gasteiger partial charge on any atom is -0.356 e. The third-order valence-electron chi connectivity index (χ3n) is 8.98. The number of H-pyrrole nitrogens is 2. The molecule has 0 spiro atoms. The molecule has 6 heterocycles. The summed E-state index contributed by atoms with van der Waals surface area (Å²) >= 11 is 1.73. The van der Waals surface area contributed by atoms with Gasteiger partial charge in [-0.2, -0.15) is 0 Å². The van der Waals surface area contributed by atoms with Gasteiger partial charge in [0.2, 0.25) is 0 Å². The summed E-state index contributed by atoms with van der Waals surface area (Å²) in [6.07, 6.45) is 16.4. The van der Waals surface area contributed by atoms with Crippen LogP contribution in [0.2, 0.25) is 0 Å². The van der Waals surface area contributed by atoms with Crippen molar-refractivity contribution in [3.05, 3.63) is 149 Å². The Morgan fingerprint density at radius 1 is 0.667 bits per heavy atom. The molecule has 0 saturated carbocycles. The van der Waals surface area contributed by atoms with Gasteiger partial charge in [0, 0.05) is 28.1 Å². The molecule has 0 unspecified atom stereocenters. The van der Waals surface area contributed by atoms with Crippen LogP contribution in [0.3, 0.4) is 0 Å². The number of hydrogen-bond donors (Lipinski definition) is 3. The van der Waals surface area contributed by atoms with Crippen molar-refractivity contribution in [3.63, 3.8) is 0 Å². The van der Waals surface area contributed by atoms with Crippen molar-refractivity contribution < 1.29 is 8.80 Å². The second kappa shape index (κ2) is 16.8. The zero-order valence-corrected chi connectivity index (χ0v) is 32.5. The van der Waals surface area contributed by atoms with Gasteiger partial charge >= 0.3 is 0 Å². The van der Waals surface area contributed by atoms with Gasteiger partial charge in [0.05, 0.1) is 28.1 Å². The average molecular weight is 699 g/mol. The smallest absolute Gasteiger partial charge is 0.287 e. The van der Waals surface area contributed by atoms with E-state index in [0.717, 1.165) is 11.2 Å². The molecule has 3 N–H and O–H groups in total. The maximum absolute atomic E-state index is 4.28. The highest BCUT2D eigenvalue weighted by Crippen LogP contribution is 2.31. The number of allylic oxidation sites excluding steroid dienone is 1. The highest BCUT2D eigenvalue weighted by Gasteiger charge is 2.14. The lowest BCUT2D eigenvalue weighted by Crippen LogP contribution is -2.20. The third-order valence-corrected chi connectivity index (χ3v) is 9.87. The Balaban J connectivity index is 0.000000132. The second-order valence-electron chi connectivity index (χ2n) is 14.3. The lowest BCUT2D eigenvalue weighted by molar-refractivity contribution is -0.510. The van der Waals surface area contributed by atoms with Crippen LogP contribution in [0.15, 0.2) is 116 Å². The summed E-state index contributed by atoms with van der Waals surface area (Å²) in [5.41, 5.74) is 15.7. The van der Waals surface area contributed by atoms with Crippen molar-refractivity contribution in [2.45, 2.75) is 86.0 Å². The summed E-state index contributed by atoms with van der Waals surface area (Å²) in [4.78, 5) is 10.8. The number of aromatic nitrogens is 5. The van der Waals surface area contributed by atoms with E-state index in [1.54, 1.807) is 11.3 Å². The van der Waals surface area contributed by atoms with Crippen LogP contribution >= 0.6 is 11.3 Å². The van der Waals surface area contributed by atoms with Gasteiger partial charge < -0.3 is 5.32 Å². The number of thiazole rings is 1. The van der Waals surface area contributed by atoms with Crippen molar-refractivity contribution in [3.8, 4) is 0 Å². The molecular weight excluding hydrogens is 645 g/mol. The van der Waals surface area contributed by atoms with Crippen LogP contribution in [0, 0.1) is 6.92 Å². The van der Waals surface area contributed by atoms with E-state index in [1.165, 1.54) is 55.1 Å². The van der Waals surface area contributed by atoms with E-state index in [9.17, 15) is 0 Å². The van der Waals surface area contributed by atoms with Crippen molar-refractivity contribution in [1.82, 2.24) is 15.0 Å². The van der Waals surface area contributed by atoms with Gasteiger partial charge in [-0.3, -0.25) is 0 Å². The fourth-order valence-corrected chi connectivity index (χ4v) is 7.28. The van der Waals surface area contributed by atoms with Gasteiger partial charge in [-0.1, -0.05) is 92.3 Å². The Hall–Kier alpha value is -5.01. The highest BCUT2D eigenvalue weighted by atomic mass is 32.1. The molecule has 2 aromatic carbocycles.